The van der Waals surface area contributed by atoms with Gasteiger partial charge in [-0.25, -0.2) is 4.98 Å². The van der Waals surface area contributed by atoms with Crippen LogP contribution in [0.2, 0.25) is 5.15 Å². The minimum atomic E-state index is -0.343. The molecule has 3 heteroatoms. The Hall–Kier alpha value is -1.67. The summed E-state index contributed by atoms with van der Waals surface area (Å²) in [5.41, 5.74) is 2.44. The number of hydrogen-bond acceptors (Lipinski definition) is 2. The monoisotopic (exact) mass is 285 g/mol. The lowest BCUT2D eigenvalue weighted by Gasteiger charge is -2.33. The lowest BCUT2D eigenvalue weighted by Crippen LogP contribution is -2.35. The minimum absolute atomic E-state index is 0.187. The predicted molar refractivity (Wildman–Crippen MR) is 80.2 cm³/mol. The quantitative estimate of drug-likeness (QED) is 0.777. The van der Waals surface area contributed by atoms with E-state index in [1.54, 1.807) is 6.07 Å². The van der Waals surface area contributed by atoms with E-state index in [-0.39, 0.29) is 11.2 Å². The van der Waals surface area contributed by atoms with Crippen molar-refractivity contribution in [1.29, 1.82) is 0 Å². The van der Waals surface area contributed by atoms with Crippen LogP contribution in [0.3, 0.4) is 0 Å². The molecule has 2 aromatic rings. The van der Waals surface area contributed by atoms with Crippen LogP contribution in [-0.2, 0) is 12.8 Å². The van der Waals surface area contributed by atoms with Gasteiger partial charge >= 0.3 is 0 Å². The Bertz CT molecular complexity index is 653. The summed E-state index contributed by atoms with van der Waals surface area (Å²) < 4.78 is 0. The van der Waals surface area contributed by atoms with E-state index >= 15 is 0 Å². The first-order chi connectivity index (χ1) is 9.58. The average Bonchev–Trinajstić information content (AvgIpc) is 2.45. The second kappa shape index (κ2) is 5.02. The lowest BCUT2D eigenvalue weighted by molar-refractivity contribution is 0.0782. The van der Waals surface area contributed by atoms with Crippen LogP contribution < -0.4 is 0 Å². The molecule has 0 amide bonds. The number of benzene rings is 1. The van der Waals surface area contributed by atoms with Gasteiger partial charge in [0.1, 0.15) is 5.15 Å². The zero-order chi connectivity index (χ0) is 14.2. The summed E-state index contributed by atoms with van der Waals surface area (Å²) in [4.78, 5) is 17.1. The Morgan fingerprint density at radius 3 is 2.70 bits per heavy atom. The molecule has 0 saturated carbocycles. The normalized spacial score (nSPS) is 21.6. The molecule has 0 spiro atoms. The third kappa shape index (κ3) is 2.36. The highest BCUT2D eigenvalue weighted by atomic mass is 35.5. The summed E-state index contributed by atoms with van der Waals surface area (Å²) in [7, 11) is 0. The Balaban J connectivity index is 1.93. The van der Waals surface area contributed by atoms with Crippen molar-refractivity contribution in [2.45, 2.75) is 26.2 Å². The third-order valence-electron chi connectivity index (χ3n) is 4.08. The molecule has 1 aliphatic rings. The fraction of sp³-hybridized carbons (Fsp3) is 0.294. The number of halogens is 1. The number of hydrogen-bond donors (Lipinski definition) is 0. The summed E-state index contributed by atoms with van der Waals surface area (Å²) in [6.45, 7) is 2.06. The molecule has 0 bridgehead atoms. The standard InChI is InChI=1S/C17H16ClNO/c1-17(11-12-5-3-2-4-6-12)10-9-14-13(16(17)20)7-8-15(18)19-14/h2-8H,9-11H2,1H3/t17-/m0/s1. The SMILES string of the molecule is C[C@@]1(Cc2ccccc2)CCc2nc(Cl)ccc2C1=O. The Morgan fingerprint density at radius 1 is 1.20 bits per heavy atom. The van der Waals surface area contributed by atoms with Crippen LogP contribution in [0.5, 0.6) is 0 Å². The number of ketones is 1. The van der Waals surface area contributed by atoms with Gasteiger partial charge in [0.2, 0.25) is 0 Å². The molecule has 1 atom stereocenters. The molecule has 3 rings (SSSR count). The fourth-order valence-electron chi connectivity index (χ4n) is 2.92. The molecule has 1 aromatic carbocycles. The van der Waals surface area contributed by atoms with Crippen LogP contribution >= 0.6 is 11.6 Å². The highest BCUT2D eigenvalue weighted by molar-refractivity contribution is 6.29. The van der Waals surface area contributed by atoms with Gasteiger partial charge in [-0.3, -0.25) is 4.79 Å². The first-order valence-corrected chi connectivity index (χ1v) is 7.20. The smallest absolute Gasteiger partial charge is 0.170 e. The highest BCUT2D eigenvalue weighted by Gasteiger charge is 2.38. The van der Waals surface area contributed by atoms with Crippen molar-refractivity contribution in [2.24, 2.45) is 5.41 Å². The van der Waals surface area contributed by atoms with Gasteiger partial charge in [-0.15, -0.1) is 0 Å². The van der Waals surface area contributed by atoms with E-state index in [0.717, 1.165) is 30.5 Å². The number of carbonyl (C=O) groups is 1. The maximum Gasteiger partial charge on any atom is 0.170 e. The van der Waals surface area contributed by atoms with Crippen LogP contribution in [0.4, 0.5) is 0 Å². The van der Waals surface area contributed by atoms with Gasteiger partial charge < -0.3 is 0 Å². The number of rotatable bonds is 2. The van der Waals surface area contributed by atoms with Crippen LogP contribution in [0.25, 0.3) is 0 Å². The second-order valence-corrected chi connectivity index (χ2v) is 6.07. The molecule has 102 valence electrons. The first-order valence-electron chi connectivity index (χ1n) is 6.83. The lowest BCUT2D eigenvalue weighted by atomic mass is 9.70. The molecule has 2 nitrogen and oxygen atoms in total. The molecule has 1 heterocycles. The molecule has 1 aliphatic carbocycles. The van der Waals surface area contributed by atoms with E-state index in [0.29, 0.717) is 5.15 Å². The number of aryl methyl sites for hydroxylation is 1. The van der Waals surface area contributed by atoms with Crippen molar-refractivity contribution in [1.82, 2.24) is 4.98 Å². The van der Waals surface area contributed by atoms with E-state index in [1.165, 1.54) is 5.56 Å². The Morgan fingerprint density at radius 2 is 1.95 bits per heavy atom. The summed E-state index contributed by atoms with van der Waals surface area (Å²) in [5.74, 6) is 0.187. The van der Waals surface area contributed by atoms with E-state index in [2.05, 4.69) is 24.0 Å². The Labute approximate surface area is 123 Å². The van der Waals surface area contributed by atoms with Gasteiger partial charge in [0.15, 0.2) is 5.78 Å². The van der Waals surface area contributed by atoms with Crippen LogP contribution in [0.15, 0.2) is 42.5 Å². The average molecular weight is 286 g/mol. The van der Waals surface area contributed by atoms with E-state index < -0.39 is 0 Å². The fourth-order valence-corrected chi connectivity index (χ4v) is 3.09. The van der Waals surface area contributed by atoms with Gasteiger partial charge in [-0.2, -0.15) is 0 Å². The summed E-state index contributed by atoms with van der Waals surface area (Å²) >= 11 is 5.90. The van der Waals surface area contributed by atoms with Crippen molar-refractivity contribution in [2.75, 3.05) is 0 Å². The molecule has 0 fully saturated rings. The molecular formula is C17H16ClNO. The van der Waals surface area contributed by atoms with Crippen molar-refractivity contribution < 1.29 is 4.79 Å². The number of carbonyl (C=O) groups excluding carboxylic acids is 1. The number of Topliss-reactive ketones (excluding diaryl/α,β-unsaturated/α-hetero) is 1. The molecule has 0 radical (unpaired) electrons. The predicted octanol–water partition coefficient (Wildman–Crippen LogP) is 4.11. The maximum atomic E-state index is 12.8. The third-order valence-corrected chi connectivity index (χ3v) is 4.29. The number of aromatic nitrogens is 1. The van der Waals surface area contributed by atoms with Crippen molar-refractivity contribution >= 4 is 17.4 Å². The maximum absolute atomic E-state index is 12.8. The molecule has 0 unspecified atom stereocenters. The summed E-state index contributed by atoms with van der Waals surface area (Å²) in [6, 6.07) is 13.7. The Kier molecular flexibility index (Phi) is 3.35. The van der Waals surface area contributed by atoms with Crippen LogP contribution in [0, 0.1) is 5.41 Å². The van der Waals surface area contributed by atoms with Crippen LogP contribution in [-0.4, -0.2) is 10.8 Å². The van der Waals surface area contributed by atoms with Crippen LogP contribution in [0.1, 0.15) is 35.0 Å². The largest absolute Gasteiger partial charge is 0.293 e. The zero-order valence-electron chi connectivity index (χ0n) is 11.4. The molecule has 0 aliphatic heterocycles. The topological polar surface area (TPSA) is 30.0 Å². The molecule has 0 N–H and O–H groups in total. The van der Waals surface area contributed by atoms with Crippen molar-refractivity contribution in [3.63, 3.8) is 0 Å². The van der Waals surface area contributed by atoms with Gasteiger partial charge in [-0.1, -0.05) is 48.9 Å². The van der Waals surface area contributed by atoms with E-state index in [4.69, 9.17) is 11.6 Å². The molecule has 1 aromatic heterocycles. The van der Waals surface area contributed by atoms with Crippen molar-refractivity contribution in [3.8, 4) is 0 Å². The molecule has 20 heavy (non-hydrogen) atoms. The van der Waals surface area contributed by atoms with Gasteiger partial charge in [0, 0.05) is 11.0 Å². The number of fused-ring (bicyclic) bond motifs is 1. The minimum Gasteiger partial charge on any atom is -0.293 e. The highest BCUT2D eigenvalue weighted by Crippen LogP contribution is 2.37. The zero-order valence-corrected chi connectivity index (χ0v) is 12.2. The molecule has 0 saturated heterocycles. The first kappa shape index (κ1) is 13.3. The number of nitrogens with zero attached hydrogens (tertiary/aromatic N) is 1. The van der Waals surface area contributed by atoms with Gasteiger partial charge in [0.25, 0.3) is 0 Å². The van der Waals surface area contributed by atoms with Gasteiger partial charge in [0.05, 0.1) is 5.69 Å². The summed E-state index contributed by atoms with van der Waals surface area (Å²) in [6.07, 6.45) is 2.40. The summed E-state index contributed by atoms with van der Waals surface area (Å²) in [5, 5.41) is 0.461. The second-order valence-electron chi connectivity index (χ2n) is 5.68. The van der Waals surface area contributed by atoms with Crippen molar-refractivity contribution in [3.05, 3.63) is 64.4 Å². The van der Waals surface area contributed by atoms with Gasteiger partial charge in [-0.05, 0) is 37.0 Å². The number of pyridine rings is 1. The molecular weight excluding hydrogens is 270 g/mol. The van der Waals surface area contributed by atoms with E-state index in [9.17, 15) is 4.79 Å². The van der Waals surface area contributed by atoms with E-state index in [1.807, 2.05) is 24.3 Å².